The maximum Gasteiger partial charge on any atom is 0.339 e. The summed E-state index contributed by atoms with van der Waals surface area (Å²) in [6.07, 6.45) is -0.126. The van der Waals surface area contributed by atoms with Crippen molar-refractivity contribution in [1.82, 2.24) is 5.32 Å². The van der Waals surface area contributed by atoms with E-state index in [1.54, 1.807) is 0 Å². The number of rotatable bonds is 8. The fourth-order valence-electron chi connectivity index (χ4n) is 2.05. The van der Waals surface area contributed by atoms with Crippen molar-refractivity contribution >= 4 is 23.5 Å². The van der Waals surface area contributed by atoms with E-state index in [9.17, 15) is 9.59 Å². The Morgan fingerprint density at radius 2 is 1.85 bits per heavy atom. The summed E-state index contributed by atoms with van der Waals surface area (Å²) in [7, 11) is 0. The third-order valence-corrected chi connectivity index (χ3v) is 3.43. The topological polar surface area (TPSA) is 73.9 Å². The molecule has 146 valence electrons. The van der Waals surface area contributed by atoms with Crippen molar-refractivity contribution in [1.29, 1.82) is 0 Å². The van der Waals surface area contributed by atoms with Crippen molar-refractivity contribution in [2.24, 2.45) is 0 Å². The molecule has 0 spiro atoms. The number of amides is 1. The molecule has 1 atom stereocenters. The Balaban J connectivity index is 2.96. The van der Waals surface area contributed by atoms with Crippen LogP contribution in [0, 0.1) is 0 Å². The Hall–Kier alpha value is -1.95. The number of halogens is 1. The summed E-state index contributed by atoms with van der Waals surface area (Å²) in [5.74, 6) is -0.269. The number of benzene rings is 1. The molecule has 0 fully saturated rings. The summed E-state index contributed by atoms with van der Waals surface area (Å²) in [6.45, 7) is 11.7. The third-order valence-electron chi connectivity index (χ3n) is 3.15. The van der Waals surface area contributed by atoms with Crippen LogP contribution in [0.2, 0.25) is 5.02 Å². The number of hydrogen-bond donors (Lipinski definition) is 1. The smallest absolute Gasteiger partial charge is 0.339 e. The van der Waals surface area contributed by atoms with Crippen LogP contribution >= 0.6 is 11.6 Å². The Labute approximate surface area is 160 Å². The Morgan fingerprint density at radius 1 is 1.19 bits per heavy atom. The number of carbonyl (C=O) groups excluding carboxylic acids is 2. The molecule has 1 aromatic carbocycles. The average molecular weight is 386 g/mol. The van der Waals surface area contributed by atoms with Gasteiger partial charge in [0.1, 0.15) is 0 Å². The second kappa shape index (κ2) is 9.67. The van der Waals surface area contributed by atoms with Crippen molar-refractivity contribution in [3.05, 3.63) is 22.7 Å². The molecular formula is C19H28ClNO5. The van der Waals surface area contributed by atoms with Crippen LogP contribution in [0.4, 0.5) is 0 Å². The molecule has 0 saturated heterocycles. The maximum absolute atomic E-state index is 12.4. The Morgan fingerprint density at radius 3 is 2.38 bits per heavy atom. The number of hydrogen-bond acceptors (Lipinski definition) is 5. The second-order valence-electron chi connectivity index (χ2n) is 6.85. The fourth-order valence-corrected chi connectivity index (χ4v) is 2.31. The molecule has 0 radical (unpaired) electrons. The van der Waals surface area contributed by atoms with Crippen molar-refractivity contribution in [3.63, 3.8) is 0 Å². The highest BCUT2D eigenvalue weighted by Gasteiger charge is 2.24. The molecular weight excluding hydrogens is 358 g/mol. The molecule has 1 aromatic rings. The van der Waals surface area contributed by atoms with E-state index < -0.39 is 17.6 Å². The summed E-state index contributed by atoms with van der Waals surface area (Å²) < 4.78 is 16.4. The van der Waals surface area contributed by atoms with Crippen LogP contribution in [0.15, 0.2) is 12.1 Å². The van der Waals surface area contributed by atoms with Gasteiger partial charge in [-0.15, -0.1) is 0 Å². The lowest BCUT2D eigenvalue weighted by Crippen LogP contribution is -2.46. The number of nitrogens with one attached hydrogen (secondary N) is 1. The van der Waals surface area contributed by atoms with Gasteiger partial charge in [0.2, 0.25) is 0 Å². The number of esters is 1. The normalized spacial score (nSPS) is 12.3. The predicted octanol–water partition coefficient (Wildman–Crippen LogP) is 3.99. The molecule has 0 aliphatic rings. The van der Waals surface area contributed by atoms with E-state index in [-0.39, 0.29) is 16.5 Å². The third kappa shape index (κ3) is 6.75. The van der Waals surface area contributed by atoms with Crippen LogP contribution in [0.1, 0.15) is 58.3 Å². The standard InChI is InChI=1S/C19H28ClNO5/c1-7-9-25-16-14(20)10-13(11-15(16)24-8-2)18(23)26-12(3)17(22)21-19(4,5)6/h10-12H,7-9H2,1-6H3,(H,21,22). The molecule has 0 heterocycles. The van der Waals surface area contributed by atoms with Gasteiger partial charge in [0.05, 0.1) is 23.8 Å². The van der Waals surface area contributed by atoms with E-state index in [4.69, 9.17) is 25.8 Å². The Kier molecular flexibility index (Phi) is 8.21. The first-order valence-corrected chi connectivity index (χ1v) is 9.09. The van der Waals surface area contributed by atoms with Crippen LogP contribution in [-0.2, 0) is 9.53 Å². The van der Waals surface area contributed by atoms with Gasteiger partial charge in [0.25, 0.3) is 5.91 Å². The van der Waals surface area contributed by atoms with Crippen LogP contribution in [0.5, 0.6) is 11.5 Å². The lowest BCUT2D eigenvalue weighted by molar-refractivity contribution is -0.130. The summed E-state index contributed by atoms with van der Waals surface area (Å²) in [4.78, 5) is 24.5. The van der Waals surface area contributed by atoms with Crippen molar-refractivity contribution < 1.29 is 23.8 Å². The van der Waals surface area contributed by atoms with E-state index in [0.717, 1.165) is 6.42 Å². The SMILES string of the molecule is CCCOc1c(Cl)cc(C(=O)OC(C)C(=O)NC(C)(C)C)cc1OCC. The highest BCUT2D eigenvalue weighted by Crippen LogP contribution is 2.37. The summed E-state index contributed by atoms with van der Waals surface area (Å²) in [5, 5.41) is 3.02. The molecule has 0 saturated carbocycles. The quantitative estimate of drug-likeness (QED) is 0.685. The van der Waals surface area contributed by atoms with Gasteiger partial charge in [-0.05, 0) is 53.2 Å². The number of ether oxygens (including phenoxy) is 3. The van der Waals surface area contributed by atoms with Gasteiger partial charge in [-0.2, -0.15) is 0 Å². The van der Waals surface area contributed by atoms with Crippen LogP contribution in [0.25, 0.3) is 0 Å². The Bertz CT molecular complexity index is 640. The molecule has 6 nitrogen and oxygen atoms in total. The van der Waals surface area contributed by atoms with Crippen molar-refractivity contribution in [3.8, 4) is 11.5 Å². The molecule has 26 heavy (non-hydrogen) atoms. The molecule has 7 heteroatoms. The van der Waals surface area contributed by atoms with E-state index in [0.29, 0.717) is 24.7 Å². The van der Waals surface area contributed by atoms with Crippen LogP contribution in [-0.4, -0.2) is 36.7 Å². The van der Waals surface area contributed by atoms with Gasteiger partial charge in [0, 0.05) is 5.54 Å². The molecule has 1 rings (SSSR count). The highest BCUT2D eigenvalue weighted by atomic mass is 35.5. The molecule has 1 amide bonds. The maximum atomic E-state index is 12.4. The van der Waals surface area contributed by atoms with E-state index in [2.05, 4.69) is 5.32 Å². The monoisotopic (exact) mass is 385 g/mol. The molecule has 0 aliphatic carbocycles. The number of carbonyl (C=O) groups is 2. The first-order valence-electron chi connectivity index (χ1n) is 8.71. The molecule has 0 bridgehead atoms. The summed E-state index contributed by atoms with van der Waals surface area (Å²) >= 11 is 6.24. The minimum Gasteiger partial charge on any atom is -0.490 e. The van der Waals surface area contributed by atoms with Gasteiger partial charge in [-0.3, -0.25) is 4.79 Å². The summed E-state index contributed by atoms with van der Waals surface area (Å²) in [6, 6.07) is 2.96. The zero-order valence-corrected chi connectivity index (χ0v) is 17.0. The van der Waals surface area contributed by atoms with Crippen molar-refractivity contribution in [2.75, 3.05) is 13.2 Å². The largest absolute Gasteiger partial charge is 0.490 e. The molecule has 1 N–H and O–H groups in total. The summed E-state index contributed by atoms with van der Waals surface area (Å²) in [5.41, 5.74) is -0.223. The van der Waals surface area contributed by atoms with Gasteiger partial charge in [-0.25, -0.2) is 4.79 Å². The van der Waals surface area contributed by atoms with Gasteiger partial charge in [0.15, 0.2) is 17.6 Å². The zero-order valence-electron chi connectivity index (χ0n) is 16.3. The lowest BCUT2D eigenvalue weighted by atomic mass is 10.1. The minimum absolute atomic E-state index is 0.192. The van der Waals surface area contributed by atoms with E-state index in [1.807, 2.05) is 34.6 Å². The fraction of sp³-hybridized carbons (Fsp3) is 0.579. The molecule has 1 unspecified atom stereocenters. The van der Waals surface area contributed by atoms with Crippen LogP contribution in [0.3, 0.4) is 0 Å². The zero-order chi connectivity index (χ0) is 19.9. The average Bonchev–Trinajstić information content (AvgIpc) is 2.52. The lowest BCUT2D eigenvalue weighted by Gasteiger charge is -2.23. The highest BCUT2D eigenvalue weighted by molar-refractivity contribution is 6.32. The molecule has 0 aliphatic heterocycles. The van der Waals surface area contributed by atoms with Crippen molar-refractivity contribution in [2.45, 2.75) is 59.6 Å². The molecule has 0 aromatic heterocycles. The first-order chi connectivity index (χ1) is 12.1. The van der Waals surface area contributed by atoms with Crippen LogP contribution < -0.4 is 14.8 Å². The van der Waals surface area contributed by atoms with E-state index >= 15 is 0 Å². The van der Waals surface area contributed by atoms with E-state index in [1.165, 1.54) is 19.1 Å². The van der Waals surface area contributed by atoms with Gasteiger partial charge >= 0.3 is 5.97 Å². The predicted molar refractivity (Wildman–Crippen MR) is 101 cm³/mol. The first kappa shape index (κ1) is 22.1. The van der Waals surface area contributed by atoms with Gasteiger partial charge in [-0.1, -0.05) is 18.5 Å². The van der Waals surface area contributed by atoms with Gasteiger partial charge < -0.3 is 19.5 Å². The second-order valence-corrected chi connectivity index (χ2v) is 7.26. The minimum atomic E-state index is -0.938.